The van der Waals surface area contributed by atoms with Crippen molar-refractivity contribution < 1.29 is 19.0 Å². The molecule has 0 spiro atoms. The van der Waals surface area contributed by atoms with Gasteiger partial charge in [0.05, 0.1) is 6.10 Å². The molecule has 4 heteroatoms. The molecule has 0 saturated carbocycles. The van der Waals surface area contributed by atoms with Crippen LogP contribution in [0.15, 0.2) is 12.1 Å². The highest BCUT2D eigenvalue weighted by molar-refractivity contribution is 5.34. The van der Waals surface area contributed by atoms with Gasteiger partial charge in [-0.2, -0.15) is 4.39 Å². The van der Waals surface area contributed by atoms with Crippen LogP contribution in [0.5, 0.6) is 5.75 Å². The first-order chi connectivity index (χ1) is 6.02. The van der Waals surface area contributed by atoms with Crippen LogP contribution in [0.25, 0.3) is 0 Å². The first-order valence-electron chi connectivity index (χ1n) is 3.86. The second-order valence-electron chi connectivity index (χ2n) is 2.92. The van der Waals surface area contributed by atoms with E-state index < -0.39 is 23.5 Å². The van der Waals surface area contributed by atoms with Gasteiger partial charge in [0.1, 0.15) is 0 Å². The number of halogens is 2. The minimum atomic E-state index is -1.27. The normalized spacial score (nSPS) is 12.9. The predicted molar refractivity (Wildman–Crippen MR) is 43.4 cm³/mol. The van der Waals surface area contributed by atoms with E-state index in [1.807, 2.05) is 0 Å². The van der Waals surface area contributed by atoms with Crippen molar-refractivity contribution in [3.8, 4) is 5.75 Å². The monoisotopic (exact) mass is 188 g/mol. The van der Waals surface area contributed by atoms with Crippen LogP contribution in [0.4, 0.5) is 8.78 Å². The second kappa shape index (κ2) is 3.70. The number of hydrogen-bond acceptors (Lipinski definition) is 2. The van der Waals surface area contributed by atoms with Gasteiger partial charge in [-0.1, -0.05) is 6.07 Å². The zero-order valence-electron chi connectivity index (χ0n) is 7.09. The SMILES string of the molecule is CC(O)Cc1ccc(F)c(F)c1O. The largest absolute Gasteiger partial charge is 0.505 e. The molecule has 0 aliphatic rings. The van der Waals surface area contributed by atoms with Crippen molar-refractivity contribution >= 4 is 0 Å². The summed E-state index contributed by atoms with van der Waals surface area (Å²) in [4.78, 5) is 0. The lowest BCUT2D eigenvalue weighted by atomic mass is 10.1. The zero-order valence-corrected chi connectivity index (χ0v) is 7.09. The molecule has 72 valence electrons. The van der Waals surface area contributed by atoms with Crippen molar-refractivity contribution in [1.82, 2.24) is 0 Å². The molecule has 0 aromatic heterocycles. The van der Waals surface area contributed by atoms with Crippen molar-refractivity contribution in [2.45, 2.75) is 19.4 Å². The third-order valence-corrected chi connectivity index (χ3v) is 1.67. The van der Waals surface area contributed by atoms with E-state index in [0.717, 1.165) is 6.07 Å². The van der Waals surface area contributed by atoms with E-state index in [-0.39, 0.29) is 12.0 Å². The topological polar surface area (TPSA) is 40.5 Å². The summed E-state index contributed by atoms with van der Waals surface area (Å²) in [5.74, 6) is -3.08. The molecule has 1 aromatic rings. The third-order valence-electron chi connectivity index (χ3n) is 1.67. The number of aliphatic hydroxyl groups is 1. The predicted octanol–water partition coefficient (Wildman–Crippen LogP) is 1.59. The van der Waals surface area contributed by atoms with E-state index in [0.29, 0.717) is 0 Å². The quantitative estimate of drug-likeness (QED) is 0.739. The highest BCUT2D eigenvalue weighted by Crippen LogP contribution is 2.24. The molecule has 0 bridgehead atoms. The van der Waals surface area contributed by atoms with Gasteiger partial charge >= 0.3 is 0 Å². The molecule has 0 fully saturated rings. The van der Waals surface area contributed by atoms with Crippen LogP contribution in [0, 0.1) is 11.6 Å². The summed E-state index contributed by atoms with van der Waals surface area (Å²) in [6, 6.07) is 2.17. The fraction of sp³-hybridized carbons (Fsp3) is 0.333. The molecular formula is C9H10F2O2. The van der Waals surface area contributed by atoms with Crippen LogP contribution >= 0.6 is 0 Å². The lowest BCUT2D eigenvalue weighted by Gasteiger charge is -2.07. The lowest BCUT2D eigenvalue weighted by molar-refractivity contribution is 0.194. The number of benzene rings is 1. The van der Waals surface area contributed by atoms with Gasteiger partial charge in [0.25, 0.3) is 0 Å². The Hall–Kier alpha value is -1.16. The Labute approximate surface area is 74.4 Å². The van der Waals surface area contributed by atoms with E-state index in [2.05, 4.69) is 0 Å². The van der Waals surface area contributed by atoms with Crippen molar-refractivity contribution in [3.63, 3.8) is 0 Å². The van der Waals surface area contributed by atoms with Crippen molar-refractivity contribution in [2.24, 2.45) is 0 Å². The Kier molecular flexibility index (Phi) is 2.83. The minimum Gasteiger partial charge on any atom is -0.505 e. The zero-order chi connectivity index (χ0) is 10.0. The number of hydrogen-bond donors (Lipinski definition) is 2. The van der Waals surface area contributed by atoms with E-state index in [9.17, 15) is 8.78 Å². The molecule has 1 atom stereocenters. The first-order valence-corrected chi connectivity index (χ1v) is 3.86. The molecule has 2 N–H and O–H groups in total. The van der Waals surface area contributed by atoms with Gasteiger partial charge in [0.15, 0.2) is 11.6 Å². The van der Waals surface area contributed by atoms with Gasteiger partial charge in [-0.15, -0.1) is 0 Å². The Bertz CT molecular complexity index is 311. The highest BCUT2D eigenvalue weighted by Gasteiger charge is 2.13. The van der Waals surface area contributed by atoms with Crippen LogP contribution < -0.4 is 0 Å². The number of aliphatic hydroxyl groups excluding tert-OH is 1. The van der Waals surface area contributed by atoms with Gasteiger partial charge in [-0.05, 0) is 18.6 Å². The lowest BCUT2D eigenvalue weighted by Crippen LogP contribution is -2.05. The van der Waals surface area contributed by atoms with E-state index in [4.69, 9.17) is 10.2 Å². The van der Waals surface area contributed by atoms with Gasteiger partial charge in [0.2, 0.25) is 5.82 Å². The van der Waals surface area contributed by atoms with Gasteiger partial charge in [-0.25, -0.2) is 4.39 Å². The van der Waals surface area contributed by atoms with Crippen LogP contribution in [0.3, 0.4) is 0 Å². The summed E-state index contributed by atoms with van der Waals surface area (Å²) >= 11 is 0. The van der Waals surface area contributed by atoms with Crippen LogP contribution in [0.2, 0.25) is 0 Å². The van der Waals surface area contributed by atoms with Crippen molar-refractivity contribution in [2.75, 3.05) is 0 Å². The number of rotatable bonds is 2. The fourth-order valence-electron chi connectivity index (χ4n) is 1.06. The molecule has 0 aliphatic heterocycles. The summed E-state index contributed by atoms with van der Waals surface area (Å²) < 4.78 is 25.2. The molecule has 2 nitrogen and oxygen atoms in total. The summed E-state index contributed by atoms with van der Waals surface area (Å²) in [6.07, 6.45) is -0.598. The fourth-order valence-corrected chi connectivity index (χ4v) is 1.06. The van der Waals surface area contributed by atoms with Crippen LogP contribution in [-0.4, -0.2) is 16.3 Å². The van der Waals surface area contributed by atoms with Gasteiger partial charge in [-0.3, -0.25) is 0 Å². The molecule has 13 heavy (non-hydrogen) atoms. The summed E-state index contributed by atoms with van der Waals surface area (Å²) in [7, 11) is 0. The van der Waals surface area contributed by atoms with Gasteiger partial charge in [0, 0.05) is 6.42 Å². The molecule has 1 rings (SSSR count). The number of phenols is 1. The average Bonchev–Trinajstić information content (AvgIpc) is 2.06. The summed E-state index contributed by atoms with van der Waals surface area (Å²) in [6.45, 7) is 1.50. The van der Waals surface area contributed by atoms with Crippen molar-refractivity contribution in [3.05, 3.63) is 29.3 Å². The molecular weight excluding hydrogens is 178 g/mol. The van der Waals surface area contributed by atoms with Crippen LogP contribution in [-0.2, 0) is 6.42 Å². The van der Waals surface area contributed by atoms with E-state index in [1.165, 1.54) is 13.0 Å². The molecule has 0 aliphatic carbocycles. The maximum Gasteiger partial charge on any atom is 0.200 e. The van der Waals surface area contributed by atoms with Crippen molar-refractivity contribution in [1.29, 1.82) is 0 Å². The summed E-state index contributed by atoms with van der Waals surface area (Å²) in [5.41, 5.74) is 0.203. The number of phenolic OH excluding ortho intramolecular Hbond substituents is 1. The Morgan fingerprint density at radius 2 is 2.00 bits per heavy atom. The third kappa shape index (κ3) is 2.15. The molecule has 0 heterocycles. The maximum atomic E-state index is 12.7. The molecule has 1 unspecified atom stereocenters. The van der Waals surface area contributed by atoms with E-state index >= 15 is 0 Å². The van der Waals surface area contributed by atoms with Crippen LogP contribution in [0.1, 0.15) is 12.5 Å². The summed E-state index contributed by atoms with van der Waals surface area (Å²) in [5, 5.41) is 18.1. The Balaban J connectivity index is 3.04. The molecule has 1 aromatic carbocycles. The standard InChI is InChI=1S/C9H10F2O2/c1-5(12)4-6-2-3-7(10)8(11)9(6)13/h2-3,5,12-13H,4H2,1H3. The Morgan fingerprint density at radius 1 is 1.38 bits per heavy atom. The maximum absolute atomic E-state index is 12.7. The molecule has 0 amide bonds. The second-order valence-corrected chi connectivity index (χ2v) is 2.92. The average molecular weight is 188 g/mol. The smallest absolute Gasteiger partial charge is 0.200 e. The first kappa shape index (κ1) is 9.92. The Morgan fingerprint density at radius 3 is 2.54 bits per heavy atom. The number of aromatic hydroxyl groups is 1. The van der Waals surface area contributed by atoms with E-state index in [1.54, 1.807) is 0 Å². The highest BCUT2D eigenvalue weighted by atomic mass is 19.2. The van der Waals surface area contributed by atoms with Gasteiger partial charge < -0.3 is 10.2 Å². The molecule has 0 saturated heterocycles. The minimum absolute atomic E-state index is 0.100. The molecule has 0 radical (unpaired) electrons.